The molecular formula is C15H20N2O3. The minimum Gasteiger partial charge on any atom is -0.495 e. The summed E-state index contributed by atoms with van der Waals surface area (Å²) < 4.78 is 10.5. The average Bonchev–Trinajstić information content (AvgIpc) is 2.51. The van der Waals surface area contributed by atoms with Gasteiger partial charge in [-0.3, -0.25) is 4.79 Å². The van der Waals surface area contributed by atoms with Crippen LogP contribution >= 0.6 is 0 Å². The summed E-state index contributed by atoms with van der Waals surface area (Å²) in [7, 11) is 3.11. The van der Waals surface area contributed by atoms with Crippen LogP contribution in [-0.2, 0) is 9.53 Å². The second kappa shape index (κ2) is 5.32. The smallest absolute Gasteiger partial charge is 0.313 e. The van der Waals surface area contributed by atoms with Crippen LogP contribution in [0, 0.1) is 5.92 Å². The second-order valence-corrected chi connectivity index (χ2v) is 5.33. The number of anilines is 1. The molecule has 0 amide bonds. The molecule has 0 bridgehead atoms. The van der Waals surface area contributed by atoms with E-state index in [-0.39, 0.29) is 23.8 Å². The Kier molecular flexibility index (Phi) is 3.53. The highest BCUT2D eigenvalue weighted by Crippen LogP contribution is 2.44. The number of hydrogen-bond donors (Lipinski definition) is 2. The fourth-order valence-electron chi connectivity index (χ4n) is 3.39. The van der Waals surface area contributed by atoms with Gasteiger partial charge in [0.05, 0.1) is 25.8 Å². The summed E-state index contributed by atoms with van der Waals surface area (Å²) >= 11 is 0. The molecule has 0 aromatic heterocycles. The number of para-hydroxylation sites is 1. The van der Waals surface area contributed by atoms with E-state index in [0.29, 0.717) is 0 Å². The highest BCUT2D eigenvalue weighted by atomic mass is 16.5. The summed E-state index contributed by atoms with van der Waals surface area (Å²) in [6.07, 6.45) is 0.996. The van der Waals surface area contributed by atoms with Gasteiger partial charge in [0.25, 0.3) is 0 Å². The summed E-state index contributed by atoms with van der Waals surface area (Å²) in [6, 6.07) is 6.11. The number of fused-ring (bicyclic) bond motifs is 2. The summed E-state index contributed by atoms with van der Waals surface area (Å²) in [4.78, 5) is 12.3. The number of rotatable bonds is 2. The van der Waals surface area contributed by atoms with Crippen molar-refractivity contribution in [3.63, 3.8) is 0 Å². The third-order valence-electron chi connectivity index (χ3n) is 4.36. The van der Waals surface area contributed by atoms with Crippen molar-refractivity contribution < 1.29 is 14.3 Å². The topological polar surface area (TPSA) is 59.6 Å². The van der Waals surface area contributed by atoms with Crippen molar-refractivity contribution in [2.45, 2.75) is 18.4 Å². The van der Waals surface area contributed by atoms with Gasteiger partial charge >= 0.3 is 5.97 Å². The van der Waals surface area contributed by atoms with E-state index in [4.69, 9.17) is 9.47 Å². The van der Waals surface area contributed by atoms with Crippen LogP contribution in [0.4, 0.5) is 5.69 Å². The predicted octanol–water partition coefficient (Wildman–Crippen LogP) is 1.36. The molecule has 2 heterocycles. The molecule has 20 heavy (non-hydrogen) atoms. The Balaban J connectivity index is 2.08. The Labute approximate surface area is 118 Å². The zero-order chi connectivity index (χ0) is 14.1. The number of benzene rings is 1. The summed E-state index contributed by atoms with van der Waals surface area (Å²) in [5, 5.41) is 6.93. The fourth-order valence-corrected chi connectivity index (χ4v) is 3.39. The molecule has 1 aromatic rings. The molecule has 5 heteroatoms. The molecule has 1 saturated heterocycles. The summed E-state index contributed by atoms with van der Waals surface area (Å²) in [6.45, 7) is 1.79. The van der Waals surface area contributed by atoms with E-state index in [0.717, 1.165) is 36.5 Å². The molecular weight excluding hydrogens is 256 g/mol. The number of piperidine rings is 1. The van der Waals surface area contributed by atoms with Crippen LogP contribution in [0.2, 0.25) is 0 Å². The zero-order valence-corrected chi connectivity index (χ0v) is 11.8. The largest absolute Gasteiger partial charge is 0.495 e. The quantitative estimate of drug-likeness (QED) is 0.799. The Hall–Kier alpha value is -1.75. The van der Waals surface area contributed by atoms with Gasteiger partial charge in [0.1, 0.15) is 5.75 Å². The maximum Gasteiger partial charge on any atom is 0.313 e. The summed E-state index contributed by atoms with van der Waals surface area (Å²) in [5.74, 6) is 0.605. The first-order valence-electron chi connectivity index (χ1n) is 6.98. The highest BCUT2D eigenvalue weighted by Gasteiger charge is 2.43. The van der Waals surface area contributed by atoms with Gasteiger partial charge in [0.15, 0.2) is 0 Å². The van der Waals surface area contributed by atoms with Gasteiger partial charge < -0.3 is 20.1 Å². The molecule has 2 aliphatic rings. The standard InChI is InChI=1S/C15H20N2O3/c1-19-12-5-3-4-9-13(15(18)20-2)10-8-16-7-6-11(10)17-14(9)12/h3-5,10-11,13,16-17H,6-8H2,1-2H3. The van der Waals surface area contributed by atoms with E-state index < -0.39 is 0 Å². The molecule has 2 aliphatic heterocycles. The molecule has 0 aliphatic carbocycles. The minimum absolute atomic E-state index is 0.167. The molecule has 108 valence electrons. The van der Waals surface area contributed by atoms with Crippen molar-refractivity contribution in [2.24, 2.45) is 5.92 Å². The van der Waals surface area contributed by atoms with Crippen LogP contribution in [0.5, 0.6) is 5.75 Å². The number of carbonyl (C=O) groups is 1. The lowest BCUT2D eigenvalue weighted by molar-refractivity contribution is -0.144. The number of ether oxygens (including phenoxy) is 2. The molecule has 0 saturated carbocycles. The van der Waals surface area contributed by atoms with E-state index in [1.165, 1.54) is 7.11 Å². The highest BCUT2D eigenvalue weighted by molar-refractivity contribution is 5.84. The molecule has 0 spiro atoms. The van der Waals surface area contributed by atoms with E-state index >= 15 is 0 Å². The molecule has 3 rings (SSSR count). The van der Waals surface area contributed by atoms with Crippen molar-refractivity contribution >= 4 is 11.7 Å². The number of carbonyl (C=O) groups excluding carboxylic acids is 1. The van der Waals surface area contributed by atoms with Crippen LogP contribution in [0.1, 0.15) is 17.9 Å². The SMILES string of the molecule is COC(=O)C1c2cccc(OC)c2NC2CCNCC21. The Bertz CT molecular complexity index is 518. The van der Waals surface area contributed by atoms with Crippen LogP contribution < -0.4 is 15.4 Å². The van der Waals surface area contributed by atoms with Crippen molar-refractivity contribution in [3.05, 3.63) is 23.8 Å². The van der Waals surface area contributed by atoms with Crippen molar-refractivity contribution in [2.75, 3.05) is 32.6 Å². The van der Waals surface area contributed by atoms with Crippen LogP contribution in [0.15, 0.2) is 18.2 Å². The lowest BCUT2D eigenvalue weighted by Gasteiger charge is -2.42. The first-order chi connectivity index (χ1) is 9.76. The third kappa shape index (κ3) is 2.02. The van der Waals surface area contributed by atoms with Crippen molar-refractivity contribution in [3.8, 4) is 5.75 Å². The molecule has 5 nitrogen and oxygen atoms in total. The second-order valence-electron chi connectivity index (χ2n) is 5.33. The molecule has 1 fully saturated rings. The van der Waals surface area contributed by atoms with E-state index in [2.05, 4.69) is 10.6 Å². The molecule has 3 unspecified atom stereocenters. The zero-order valence-electron chi connectivity index (χ0n) is 11.8. The van der Waals surface area contributed by atoms with Crippen LogP contribution in [0.3, 0.4) is 0 Å². The van der Waals surface area contributed by atoms with Crippen LogP contribution in [0.25, 0.3) is 0 Å². The number of esters is 1. The monoisotopic (exact) mass is 276 g/mol. The third-order valence-corrected chi connectivity index (χ3v) is 4.36. The van der Waals surface area contributed by atoms with Gasteiger partial charge in [-0.15, -0.1) is 0 Å². The molecule has 1 aromatic carbocycles. The van der Waals surface area contributed by atoms with Gasteiger partial charge in [-0.05, 0) is 24.6 Å². The maximum absolute atomic E-state index is 12.3. The van der Waals surface area contributed by atoms with Crippen molar-refractivity contribution in [1.29, 1.82) is 0 Å². The first kappa shape index (κ1) is 13.2. The maximum atomic E-state index is 12.3. The predicted molar refractivity (Wildman–Crippen MR) is 76.1 cm³/mol. The average molecular weight is 276 g/mol. The van der Waals surface area contributed by atoms with Crippen molar-refractivity contribution in [1.82, 2.24) is 5.32 Å². The minimum atomic E-state index is -0.232. The summed E-state index contributed by atoms with van der Waals surface area (Å²) in [5.41, 5.74) is 1.91. The normalized spacial score (nSPS) is 27.8. The number of nitrogens with one attached hydrogen (secondary N) is 2. The Morgan fingerprint density at radius 3 is 2.95 bits per heavy atom. The van der Waals surface area contributed by atoms with Gasteiger partial charge in [0.2, 0.25) is 0 Å². The lowest BCUT2D eigenvalue weighted by atomic mass is 9.74. The van der Waals surface area contributed by atoms with Gasteiger partial charge in [-0.1, -0.05) is 12.1 Å². The van der Waals surface area contributed by atoms with Gasteiger partial charge in [-0.25, -0.2) is 0 Å². The van der Waals surface area contributed by atoms with E-state index in [1.54, 1.807) is 7.11 Å². The molecule has 3 atom stereocenters. The lowest BCUT2D eigenvalue weighted by Crippen LogP contribution is -2.50. The van der Waals surface area contributed by atoms with Crippen LogP contribution in [-0.4, -0.2) is 39.3 Å². The molecule has 2 N–H and O–H groups in total. The first-order valence-corrected chi connectivity index (χ1v) is 6.98. The van der Waals surface area contributed by atoms with E-state index in [9.17, 15) is 4.79 Å². The fraction of sp³-hybridized carbons (Fsp3) is 0.533. The number of hydrogen-bond acceptors (Lipinski definition) is 5. The Morgan fingerprint density at radius 2 is 2.20 bits per heavy atom. The van der Waals surface area contributed by atoms with Gasteiger partial charge in [0, 0.05) is 18.5 Å². The van der Waals surface area contributed by atoms with E-state index in [1.807, 2.05) is 18.2 Å². The Morgan fingerprint density at radius 1 is 1.35 bits per heavy atom. The number of methoxy groups -OCH3 is 2. The molecule has 0 radical (unpaired) electrons. The van der Waals surface area contributed by atoms with Gasteiger partial charge in [-0.2, -0.15) is 0 Å².